The van der Waals surface area contributed by atoms with Gasteiger partial charge in [-0.25, -0.2) is 0 Å². The van der Waals surface area contributed by atoms with E-state index in [1.165, 1.54) is 24.7 Å². The summed E-state index contributed by atoms with van der Waals surface area (Å²) in [4.78, 5) is 11.5. The fourth-order valence-electron chi connectivity index (χ4n) is 2.90. The van der Waals surface area contributed by atoms with Gasteiger partial charge >= 0.3 is 5.97 Å². The molecule has 0 saturated carbocycles. The molecule has 21 heavy (non-hydrogen) atoms. The van der Waals surface area contributed by atoms with E-state index in [2.05, 4.69) is 24.4 Å². The molecule has 4 nitrogen and oxygen atoms in total. The molecule has 0 amide bonds. The number of aliphatic hydroxyl groups excluding tert-OH is 1. The SMILES string of the molecule is CCCNC(CC(=O)OC)C(O)c1ccc2c(c1)CCC2. The molecular formula is C17H25NO3. The number of fused-ring (bicyclic) bond motifs is 1. The maximum absolute atomic E-state index is 11.5. The highest BCUT2D eigenvalue weighted by molar-refractivity contribution is 5.70. The molecule has 0 spiro atoms. The Kier molecular flexibility index (Phi) is 5.76. The van der Waals surface area contributed by atoms with Gasteiger partial charge < -0.3 is 15.2 Å². The number of carbonyl (C=O) groups excluding carboxylic acids is 1. The number of hydrogen-bond donors (Lipinski definition) is 2. The van der Waals surface area contributed by atoms with Crippen molar-refractivity contribution in [3.05, 3.63) is 34.9 Å². The summed E-state index contributed by atoms with van der Waals surface area (Å²) in [6.07, 6.45) is 3.84. The van der Waals surface area contributed by atoms with Gasteiger partial charge in [-0.1, -0.05) is 25.1 Å². The molecule has 1 aromatic rings. The van der Waals surface area contributed by atoms with E-state index < -0.39 is 6.10 Å². The number of ether oxygens (including phenoxy) is 1. The van der Waals surface area contributed by atoms with Crippen LogP contribution in [-0.4, -0.2) is 30.8 Å². The number of hydrogen-bond acceptors (Lipinski definition) is 4. The number of esters is 1. The Balaban J connectivity index is 2.12. The Morgan fingerprint density at radius 3 is 2.86 bits per heavy atom. The van der Waals surface area contributed by atoms with Crippen LogP contribution in [0.4, 0.5) is 0 Å². The van der Waals surface area contributed by atoms with E-state index >= 15 is 0 Å². The first-order valence-corrected chi connectivity index (χ1v) is 7.75. The Bertz CT molecular complexity index is 487. The molecule has 4 heteroatoms. The highest BCUT2D eigenvalue weighted by atomic mass is 16.5. The molecule has 1 aliphatic rings. The first-order valence-electron chi connectivity index (χ1n) is 7.75. The van der Waals surface area contributed by atoms with Gasteiger partial charge in [0.05, 0.1) is 19.6 Å². The second-order valence-corrected chi connectivity index (χ2v) is 5.67. The summed E-state index contributed by atoms with van der Waals surface area (Å²) in [5, 5.41) is 13.9. The molecule has 1 aliphatic carbocycles. The highest BCUT2D eigenvalue weighted by Crippen LogP contribution is 2.27. The highest BCUT2D eigenvalue weighted by Gasteiger charge is 2.24. The van der Waals surface area contributed by atoms with Gasteiger partial charge in [-0.05, 0) is 48.9 Å². The van der Waals surface area contributed by atoms with Crippen molar-refractivity contribution in [1.29, 1.82) is 0 Å². The minimum absolute atomic E-state index is 0.175. The Morgan fingerprint density at radius 2 is 2.14 bits per heavy atom. The summed E-state index contributed by atoms with van der Waals surface area (Å²) in [5.74, 6) is -0.302. The lowest BCUT2D eigenvalue weighted by atomic mass is 9.96. The quantitative estimate of drug-likeness (QED) is 0.756. The fourth-order valence-corrected chi connectivity index (χ4v) is 2.90. The van der Waals surface area contributed by atoms with Crippen LogP contribution in [-0.2, 0) is 22.4 Å². The van der Waals surface area contributed by atoms with Gasteiger partial charge in [0.15, 0.2) is 0 Å². The van der Waals surface area contributed by atoms with E-state index in [4.69, 9.17) is 4.74 Å². The molecule has 1 aromatic carbocycles. The first-order chi connectivity index (χ1) is 10.2. The summed E-state index contributed by atoms with van der Waals surface area (Å²) in [6.45, 7) is 2.83. The van der Waals surface area contributed by atoms with Gasteiger partial charge in [-0.3, -0.25) is 4.79 Å². The summed E-state index contributed by atoms with van der Waals surface area (Å²) in [6, 6.07) is 5.87. The van der Waals surface area contributed by atoms with Crippen LogP contribution < -0.4 is 5.32 Å². The largest absolute Gasteiger partial charge is 0.469 e. The third kappa shape index (κ3) is 4.05. The smallest absolute Gasteiger partial charge is 0.307 e. The number of aryl methyl sites for hydroxylation is 2. The maximum Gasteiger partial charge on any atom is 0.307 e. The van der Waals surface area contributed by atoms with Crippen molar-refractivity contribution in [3.8, 4) is 0 Å². The van der Waals surface area contributed by atoms with Crippen LogP contribution in [0.1, 0.15) is 49.0 Å². The number of nitrogens with one attached hydrogen (secondary N) is 1. The van der Waals surface area contributed by atoms with Gasteiger partial charge in [0.25, 0.3) is 0 Å². The van der Waals surface area contributed by atoms with E-state index in [-0.39, 0.29) is 18.4 Å². The third-order valence-corrected chi connectivity index (χ3v) is 4.12. The van der Waals surface area contributed by atoms with Crippen molar-refractivity contribution in [1.82, 2.24) is 5.32 Å². The van der Waals surface area contributed by atoms with Crippen molar-refractivity contribution >= 4 is 5.97 Å². The summed E-state index contributed by atoms with van der Waals surface area (Å²) < 4.78 is 4.73. The lowest BCUT2D eigenvalue weighted by Gasteiger charge is -2.24. The second kappa shape index (κ2) is 7.57. The predicted octanol–water partition coefficient (Wildman–Crippen LogP) is 2.14. The monoisotopic (exact) mass is 291 g/mol. The standard InChI is InChI=1S/C17H25NO3/c1-3-9-18-15(11-16(19)21-2)17(20)14-8-7-12-5-4-6-13(12)10-14/h7-8,10,15,17-18,20H,3-6,9,11H2,1-2H3. The van der Waals surface area contributed by atoms with Crippen LogP contribution in [0.25, 0.3) is 0 Å². The van der Waals surface area contributed by atoms with Crippen molar-refractivity contribution in [3.63, 3.8) is 0 Å². The first kappa shape index (κ1) is 16.0. The molecular weight excluding hydrogens is 266 g/mol. The van der Waals surface area contributed by atoms with Crippen LogP contribution in [0.2, 0.25) is 0 Å². The summed E-state index contributed by atoms with van der Waals surface area (Å²) in [5.41, 5.74) is 3.60. The zero-order chi connectivity index (χ0) is 15.2. The van der Waals surface area contributed by atoms with Gasteiger partial charge in [-0.15, -0.1) is 0 Å². The Labute approximate surface area is 126 Å². The van der Waals surface area contributed by atoms with Crippen LogP contribution in [0.3, 0.4) is 0 Å². The second-order valence-electron chi connectivity index (χ2n) is 5.67. The van der Waals surface area contributed by atoms with Gasteiger partial charge in [0.2, 0.25) is 0 Å². The maximum atomic E-state index is 11.5. The van der Waals surface area contributed by atoms with E-state index in [1.807, 2.05) is 6.07 Å². The molecule has 2 unspecified atom stereocenters. The van der Waals surface area contributed by atoms with Crippen LogP contribution >= 0.6 is 0 Å². The fraction of sp³-hybridized carbons (Fsp3) is 0.588. The van der Waals surface area contributed by atoms with E-state index in [0.717, 1.165) is 31.4 Å². The van der Waals surface area contributed by atoms with Crippen molar-refractivity contribution in [2.75, 3.05) is 13.7 Å². The van der Waals surface area contributed by atoms with Crippen LogP contribution in [0, 0.1) is 0 Å². The van der Waals surface area contributed by atoms with Crippen LogP contribution in [0.15, 0.2) is 18.2 Å². The van der Waals surface area contributed by atoms with Crippen molar-refractivity contribution < 1.29 is 14.6 Å². The number of aliphatic hydroxyl groups is 1. The number of methoxy groups -OCH3 is 1. The van der Waals surface area contributed by atoms with Crippen molar-refractivity contribution in [2.45, 2.75) is 51.2 Å². The van der Waals surface area contributed by atoms with Gasteiger partial charge in [0, 0.05) is 6.04 Å². The van der Waals surface area contributed by atoms with E-state index in [0.29, 0.717) is 0 Å². The summed E-state index contributed by atoms with van der Waals surface area (Å²) in [7, 11) is 1.38. The molecule has 0 saturated heterocycles. The molecule has 0 heterocycles. The molecule has 0 aliphatic heterocycles. The lowest BCUT2D eigenvalue weighted by molar-refractivity contribution is -0.142. The molecule has 2 rings (SSSR count). The average molecular weight is 291 g/mol. The van der Waals surface area contributed by atoms with E-state index in [9.17, 15) is 9.90 Å². The Hall–Kier alpha value is -1.39. The summed E-state index contributed by atoms with van der Waals surface area (Å²) >= 11 is 0. The minimum atomic E-state index is -0.693. The molecule has 0 radical (unpaired) electrons. The van der Waals surface area contributed by atoms with Gasteiger partial charge in [-0.2, -0.15) is 0 Å². The average Bonchev–Trinajstić information content (AvgIpc) is 2.97. The molecule has 0 fully saturated rings. The number of rotatable bonds is 7. The molecule has 2 N–H and O–H groups in total. The zero-order valence-corrected chi connectivity index (χ0v) is 12.9. The molecule has 116 valence electrons. The van der Waals surface area contributed by atoms with Crippen molar-refractivity contribution in [2.24, 2.45) is 0 Å². The molecule has 0 aromatic heterocycles. The minimum Gasteiger partial charge on any atom is -0.469 e. The van der Waals surface area contributed by atoms with E-state index in [1.54, 1.807) is 0 Å². The Morgan fingerprint density at radius 1 is 1.38 bits per heavy atom. The topological polar surface area (TPSA) is 58.6 Å². The number of carbonyl (C=O) groups is 1. The number of benzene rings is 1. The van der Waals surface area contributed by atoms with Crippen LogP contribution in [0.5, 0.6) is 0 Å². The predicted molar refractivity (Wildman–Crippen MR) is 82.1 cm³/mol. The third-order valence-electron chi connectivity index (χ3n) is 4.12. The van der Waals surface area contributed by atoms with Gasteiger partial charge in [0.1, 0.15) is 0 Å². The zero-order valence-electron chi connectivity index (χ0n) is 12.9. The lowest BCUT2D eigenvalue weighted by Crippen LogP contribution is -2.37. The molecule has 0 bridgehead atoms. The normalized spacial score (nSPS) is 16.3. The molecule has 2 atom stereocenters.